The van der Waals surface area contributed by atoms with Gasteiger partial charge in [-0.25, -0.2) is 23.2 Å². The van der Waals surface area contributed by atoms with Crippen LogP contribution in [0.25, 0.3) is 6.08 Å². The van der Waals surface area contributed by atoms with E-state index in [1.807, 2.05) is 5.32 Å². The molecule has 4 amide bonds. The van der Waals surface area contributed by atoms with Crippen LogP contribution in [-0.2, 0) is 9.53 Å². The Morgan fingerprint density at radius 3 is 2.26 bits per heavy atom. The molecule has 0 aromatic heterocycles. The molecule has 0 saturated heterocycles. The van der Waals surface area contributed by atoms with Crippen molar-refractivity contribution in [3.63, 3.8) is 0 Å². The van der Waals surface area contributed by atoms with E-state index in [1.54, 1.807) is 0 Å². The molecule has 0 heterocycles. The molecule has 0 aliphatic heterocycles. The highest BCUT2D eigenvalue weighted by Crippen LogP contribution is 2.24. The largest absolute Gasteiger partial charge is 0.466 e. The summed E-state index contributed by atoms with van der Waals surface area (Å²) >= 11 is 11.6. The highest BCUT2D eigenvalue weighted by molar-refractivity contribution is 6.34. The van der Waals surface area contributed by atoms with Crippen molar-refractivity contribution in [2.75, 3.05) is 17.7 Å². The fourth-order valence-corrected chi connectivity index (χ4v) is 3.25. The summed E-state index contributed by atoms with van der Waals surface area (Å²) in [5, 5.41) is 6.81. The lowest BCUT2D eigenvalue weighted by molar-refractivity contribution is -0.134. The predicted octanol–water partition coefficient (Wildman–Crippen LogP) is 6.03. The number of carbonyl (C=O) groups is 4. The first-order chi connectivity index (χ1) is 18.0. The third-order valence-corrected chi connectivity index (χ3v) is 5.22. The molecule has 38 heavy (non-hydrogen) atoms. The number of hydrogen-bond donors (Lipinski definition) is 3. The van der Waals surface area contributed by atoms with E-state index in [0.29, 0.717) is 17.2 Å². The minimum absolute atomic E-state index is 0.0381. The van der Waals surface area contributed by atoms with Crippen LogP contribution in [0.15, 0.2) is 60.7 Å². The third-order valence-electron chi connectivity index (χ3n) is 4.65. The molecule has 0 aliphatic rings. The van der Waals surface area contributed by atoms with E-state index in [1.165, 1.54) is 55.7 Å². The van der Waals surface area contributed by atoms with Gasteiger partial charge < -0.3 is 14.8 Å². The molecule has 3 N–H and O–H groups in total. The van der Waals surface area contributed by atoms with Crippen LogP contribution in [-0.4, -0.2) is 31.1 Å². The van der Waals surface area contributed by atoms with Crippen LogP contribution in [0, 0.1) is 11.6 Å². The number of esters is 1. The van der Waals surface area contributed by atoms with Gasteiger partial charge in [0.05, 0.1) is 23.4 Å². The van der Waals surface area contributed by atoms with E-state index in [2.05, 4.69) is 15.4 Å². The Kier molecular flexibility index (Phi) is 9.36. The second kappa shape index (κ2) is 12.7. The number of ether oxygens (including phenoxy) is 2. The van der Waals surface area contributed by atoms with Crippen LogP contribution >= 0.6 is 23.2 Å². The minimum Gasteiger partial charge on any atom is -0.466 e. The lowest BCUT2D eigenvalue weighted by Crippen LogP contribution is -2.34. The lowest BCUT2D eigenvalue weighted by atomic mass is 10.1. The molecule has 0 atom stereocenters. The van der Waals surface area contributed by atoms with Crippen molar-refractivity contribution in [1.82, 2.24) is 5.32 Å². The zero-order valence-corrected chi connectivity index (χ0v) is 20.8. The summed E-state index contributed by atoms with van der Waals surface area (Å²) in [6.45, 7) is 0. The molecule has 9 nitrogen and oxygen atoms in total. The minimum atomic E-state index is -1.33. The number of benzene rings is 3. The molecule has 196 valence electrons. The first-order valence-electron chi connectivity index (χ1n) is 10.5. The number of methoxy groups -OCH3 is 1. The molecule has 13 heteroatoms. The van der Waals surface area contributed by atoms with E-state index < -0.39 is 46.2 Å². The molecular weight excluding hydrogens is 547 g/mol. The summed E-state index contributed by atoms with van der Waals surface area (Å²) in [5.74, 6) is -4.18. The Labute approximate surface area is 224 Å². The van der Waals surface area contributed by atoms with Gasteiger partial charge in [-0.1, -0.05) is 29.3 Å². The molecule has 3 aromatic carbocycles. The van der Waals surface area contributed by atoms with Crippen molar-refractivity contribution in [1.29, 1.82) is 0 Å². The van der Waals surface area contributed by atoms with Crippen molar-refractivity contribution >= 4 is 64.7 Å². The van der Waals surface area contributed by atoms with Gasteiger partial charge in [0.25, 0.3) is 5.91 Å². The van der Waals surface area contributed by atoms with E-state index in [-0.39, 0.29) is 22.7 Å². The van der Waals surface area contributed by atoms with Crippen molar-refractivity contribution in [2.45, 2.75) is 0 Å². The second-order valence-corrected chi connectivity index (χ2v) is 8.13. The quantitative estimate of drug-likeness (QED) is 0.191. The van der Waals surface area contributed by atoms with Crippen LogP contribution in [0.4, 0.5) is 29.7 Å². The summed E-state index contributed by atoms with van der Waals surface area (Å²) in [6, 6.07) is 10.3. The summed E-state index contributed by atoms with van der Waals surface area (Å²) in [7, 11) is 1.17. The molecule has 0 radical (unpaired) electrons. The molecule has 0 aliphatic carbocycles. The van der Waals surface area contributed by atoms with Gasteiger partial charge in [0.15, 0.2) is 11.6 Å². The van der Waals surface area contributed by atoms with Crippen LogP contribution in [0.1, 0.15) is 15.9 Å². The van der Waals surface area contributed by atoms with Crippen molar-refractivity contribution in [3.8, 4) is 5.75 Å². The monoisotopic (exact) mass is 563 g/mol. The maximum Gasteiger partial charge on any atom is 0.417 e. The van der Waals surface area contributed by atoms with E-state index in [0.717, 1.165) is 6.08 Å². The molecule has 0 fully saturated rings. The fourth-order valence-electron chi connectivity index (χ4n) is 2.89. The number of carbonyl (C=O) groups excluding carboxylic acids is 4. The molecule has 0 unspecified atom stereocenters. The number of nitrogens with one attached hydrogen (secondary N) is 3. The summed E-state index contributed by atoms with van der Waals surface area (Å²) in [6.07, 6.45) is 1.53. The highest BCUT2D eigenvalue weighted by atomic mass is 35.5. The van der Waals surface area contributed by atoms with Crippen LogP contribution in [0.5, 0.6) is 5.75 Å². The first-order valence-corrected chi connectivity index (χ1v) is 11.2. The Hall–Kier alpha value is -4.48. The van der Waals surface area contributed by atoms with Crippen molar-refractivity contribution < 1.29 is 37.4 Å². The second-order valence-electron chi connectivity index (χ2n) is 7.28. The molecular formula is C25H17Cl2F2N3O6. The zero-order chi connectivity index (χ0) is 27.8. The van der Waals surface area contributed by atoms with Crippen LogP contribution in [0.2, 0.25) is 10.0 Å². The van der Waals surface area contributed by atoms with Crippen molar-refractivity contribution in [3.05, 3.63) is 93.5 Å². The summed E-state index contributed by atoms with van der Waals surface area (Å²) < 4.78 is 36.5. The number of amides is 4. The summed E-state index contributed by atoms with van der Waals surface area (Å²) in [4.78, 5) is 48.7. The molecule has 0 saturated carbocycles. The number of rotatable bonds is 6. The SMILES string of the molecule is COC(=O)C=Cc1ccc(NC(=O)Oc2ccc(Cl)cc2)cc1NC(=O)NC(=O)c1cc(F)c(F)cc1Cl. The van der Waals surface area contributed by atoms with Crippen molar-refractivity contribution in [2.24, 2.45) is 0 Å². The third kappa shape index (κ3) is 7.76. The predicted molar refractivity (Wildman–Crippen MR) is 136 cm³/mol. The maximum atomic E-state index is 13.5. The topological polar surface area (TPSA) is 123 Å². The number of hydrogen-bond acceptors (Lipinski definition) is 6. The average Bonchev–Trinajstić information content (AvgIpc) is 2.86. The Morgan fingerprint density at radius 1 is 0.895 bits per heavy atom. The van der Waals surface area contributed by atoms with Gasteiger partial charge in [-0.2, -0.15) is 0 Å². The van der Waals surface area contributed by atoms with Crippen LogP contribution in [0.3, 0.4) is 0 Å². The zero-order valence-electron chi connectivity index (χ0n) is 19.3. The van der Waals surface area contributed by atoms with Gasteiger partial charge in [0.1, 0.15) is 5.75 Å². The van der Waals surface area contributed by atoms with Gasteiger partial charge in [0, 0.05) is 16.8 Å². The fraction of sp³-hybridized carbons (Fsp3) is 0.0400. The number of anilines is 2. The van der Waals surface area contributed by atoms with Gasteiger partial charge in [-0.05, 0) is 60.2 Å². The Morgan fingerprint density at radius 2 is 1.58 bits per heavy atom. The van der Waals surface area contributed by atoms with E-state index >= 15 is 0 Å². The van der Waals surface area contributed by atoms with Gasteiger partial charge in [0.2, 0.25) is 0 Å². The van der Waals surface area contributed by atoms with Crippen LogP contribution < -0.4 is 20.7 Å². The normalized spacial score (nSPS) is 10.6. The number of halogens is 4. The van der Waals surface area contributed by atoms with E-state index in [4.69, 9.17) is 27.9 Å². The molecule has 3 aromatic rings. The molecule has 0 spiro atoms. The number of imide groups is 1. The first kappa shape index (κ1) is 28.1. The Bertz CT molecular complexity index is 1430. The van der Waals surface area contributed by atoms with E-state index in [9.17, 15) is 28.0 Å². The Balaban J connectivity index is 1.79. The standard InChI is InChI=1S/C25H17Cl2F2N3O6/c1-37-22(33)9-3-13-2-6-15(30-25(36)38-16-7-4-14(26)5-8-16)10-21(13)31-24(35)32-23(34)17-11-19(28)20(29)12-18(17)27/h2-12H,1H3,(H,30,36)(H2,31,32,34,35). The van der Waals surface area contributed by atoms with Gasteiger partial charge in [-0.15, -0.1) is 0 Å². The average molecular weight is 564 g/mol. The highest BCUT2D eigenvalue weighted by Gasteiger charge is 2.18. The van der Waals surface area contributed by atoms with Gasteiger partial charge in [-0.3, -0.25) is 15.4 Å². The molecule has 0 bridgehead atoms. The maximum absolute atomic E-state index is 13.5. The summed E-state index contributed by atoms with van der Waals surface area (Å²) in [5.41, 5.74) is 0.00736. The van der Waals surface area contributed by atoms with Gasteiger partial charge >= 0.3 is 18.1 Å². The number of urea groups is 1. The lowest BCUT2D eigenvalue weighted by Gasteiger charge is -2.13. The molecule has 3 rings (SSSR count). The smallest absolute Gasteiger partial charge is 0.417 e.